The van der Waals surface area contributed by atoms with Crippen molar-refractivity contribution in [3.8, 4) is 5.75 Å². The number of nitrogens with zero attached hydrogens (tertiary/aromatic N) is 1. The summed E-state index contributed by atoms with van der Waals surface area (Å²) in [5.74, 6) is -1.87. The number of allylic oxidation sites excluding steroid dienone is 1. The molecule has 0 bridgehead atoms. The molecule has 0 atom stereocenters. The van der Waals surface area contributed by atoms with Gasteiger partial charge >= 0.3 is 5.97 Å². The Balaban J connectivity index is 2.33. The lowest BCUT2D eigenvalue weighted by atomic mass is 10.2. The first-order chi connectivity index (χ1) is 13.3. The fourth-order valence-electron chi connectivity index (χ4n) is 2.30. The van der Waals surface area contributed by atoms with Crippen molar-refractivity contribution in [2.45, 2.75) is 26.7 Å². The first-order valence-electron chi connectivity index (χ1n) is 8.21. The molecule has 6 nitrogen and oxygen atoms in total. The molecule has 0 fully saturated rings. The monoisotopic (exact) mass is 457 g/mol. The van der Waals surface area contributed by atoms with Crippen molar-refractivity contribution in [3.05, 3.63) is 74.1 Å². The number of pyridine rings is 1. The number of hydrogen-bond acceptors (Lipinski definition) is 5. The highest BCUT2D eigenvalue weighted by Gasteiger charge is 2.15. The van der Waals surface area contributed by atoms with Crippen molar-refractivity contribution < 1.29 is 28.2 Å². The van der Waals surface area contributed by atoms with Crippen molar-refractivity contribution in [1.29, 1.82) is 0 Å². The van der Waals surface area contributed by atoms with E-state index in [0.29, 0.717) is 5.69 Å². The van der Waals surface area contributed by atoms with Crippen molar-refractivity contribution in [2.24, 2.45) is 0 Å². The molecule has 0 saturated carbocycles. The molecule has 0 spiro atoms. The largest absolute Gasteiger partial charge is 0.487 e. The predicted molar refractivity (Wildman–Crippen MR) is 101 cm³/mol. The van der Waals surface area contributed by atoms with E-state index < -0.39 is 23.2 Å². The van der Waals surface area contributed by atoms with Crippen LogP contribution >= 0.6 is 15.9 Å². The molecule has 1 aromatic heterocycles. The fourth-order valence-corrected chi connectivity index (χ4v) is 2.74. The van der Waals surface area contributed by atoms with Crippen molar-refractivity contribution in [2.75, 3.05) is 6.61 Å². The number of aliphatic hydroxyl groups is 1. The van der Waals surface area contributed by atoms with Crippen molar-refractivity contribution in [3.63, 3.8) is 0 Å². The molecule has 0 radical (unpaired) electrons. The lowest BCUT2D eigenvalue weighted by Gasteiger charge is -2.16. The van der Waals surface area contributed by atoms with Crippen LogP contribution in [0.5, 0.6) is 5.75 Å². The Labute approximate surface area is 168 Å². The molecule has 0 amide bonds. The summed E-state index contributed by atoms with van der Waals surface area (Å²) in [6, 6.07) is 4.58. The number of aromatic nitrogens is 1. The summed E-state index contributed by atoms with van der Waals surface area (Å²) in [5, 5.41) is 8.85. The summed E-state index contributed by atoms with van der Waals surface area (Å²) in [6.07, 6.45) is 3.05. The van der Waals surface area contributed by atoms with Gasteiger partial charge in [0.15, 0.2) is 0 Å². The zero-order valence-corrected chi connectivity index (χ0v) is 16.5. The zero-order valence-electron chi connectivity index (χ0n) is 15.0. The maximum atomic E-state index is 13.8. The van der Waals surface area contributed by atoms with E-state index in [9.17, 15) is 18.4 Å². The standard InChI is InChI=1S/C19H18BrF2NO5/c1-12(25)27-11-15-9-17(18(20)19(26)23(15)6-2-3-7-24)28-10-13-4-5-14(21)8-16(13)22/h2-5,8-9,24H,6-7,10-11H2,1H3/b3-2+. The minimum absolute atomic E-state index is 0.0963. The molecule has 0 unspecified atom stereocenters. The SMILES string of the molecule is CC(=O)OCc1cc(OCc2ccc(F)cc2F)c(Br)c(=O)n1C/C=C/CO. The van der Waals surface area contributed by atoms with Gasteiger partial charge in [0.1, 0.15) is 35.1 Å². The van der Waals surface area contributed by atoms with Gasteiger partial charge in [-0.2, -0.15) is 0 Å². The number of carbonyl (C=O) groups excluding carboxylic acids is 1. The van der Waals surface area contributed by atoms with Gasteiger partial charge in [-0.1, -0.05) is 12.2 Å². The molecule has 2 rings (SSSR count). The summed E-state index contributed by atoms with van der Waals surface area (Å²) >= 11 is 3.16. The molecule has 0 aliphatic heterocycles. The zero-order chi connectivity index (χ0) is 20.7. The van der Waals surface area contributed by atoms with Gasteiger partial charge in [-0.25, -0.2) is 8.78 Å². The third-order valence-electron chi connectivity index (χ3n) is 3.68. The highest BCUT2D eigenvalue weighted by atomic mass is 79.9. The Bertz CT molecular complexity index is 943. The Morgan fingerprint density at radius 3 is 2.64 bits per heavy atom. The van der Waals surface area contributed by atoms with E-state index >= 15 is 0 Å². The molecule has 28 heavy (non-hydrogen) atoms. The molecular formula is C19H18BrF2NO5. The van der Waals surface area contributed by atoms with Crippen LogP contribution in [0.2, 0.25) is 0 Å². The third kappa shape index (κ3) is 5.74. The highest BCUT2D eigenvalue weighted by Crippen LogP contribution is 2.25. The third-order valence-corrected chi connectivity index (χ3v) is 4.41. The summed E-state index contributed by atoms with van der Waals surface area (Å²) in [7, 11) is 0. The summed E-state index contributed by atoms with van der Waals surface area (Å²) in [6.45, 7) is 0.792. The van der Waals surface area contributed by atoms with Gasteiger partial charge in [0.25, 0.3) is 5.56 Å². The Morgan fingerprint density at radius 2 is 2.00 bits per heavy atom. The van der Waals surface area contributed by atoms with Gasteiger partial charge in [0.2, 0.25) is 0 Å². The molecule has 1 heterocycles. The first kappa shape index (κ1) is 21.8. The van der Waals surface area contributed by atoms with Crippen LogP contribution in [0.15, 0.2) is 45.7 Å². The Kier molecular flexibility index (Phi) is 7.89. The smallest absolute Gasteiger partial charge is 0.303 e. The molecule has 150 valence electrons. The average Bonchev–Trinajstić information content (AvgIpc) is 2.64. The van der Waals surface area contributed by atoms with Gasteiger partial charge in [0.05, 0.1) is 12.3 Å². The van der Waals surface area contributed by atoms with Crippen molar-refractivity contribution >= 4 is 21.9 Å². The van der Waals surface area contributed by atoms with Crippen LogP contribution < -0.4 is 10.3 Å². The van der Waals surface area contributed by atoms with Crippen LogP contribution in [0.3, 0.4) is 0 Å². The normalized spacial score (nSPS) is 11.0. The van der Waals surface area contributed by atoms with Crippen LogP contribution in [0, 0.1) is 11.6 Å². The van der Waals surface area contributed by atoms with Crippen LogP contribution in [0.4, 0.5) is 8.78 Å². The van der Waals surface area contributed by atoms with Gasteiger partial charge in [-0.15, -0.1) is 0 Å². The van der Waals surface area contributed by atoms with E-state index in [1.165, 1.54) is 29.7 Å². The second-order valence-electron chi connectivity index (χ2n) is 5.69. The van der Waals surface area contributed by atoms with Crippen LogP contribution in [-0.2, 0) is 29.3 Å². The number of carbonyl (C=O) groups is 1. The van der Waals surface area contributed by atoms with E-state index in [1.807, 2.05) is 0 Å². The first-order valence-corrected chi connectivity index (χ1v) is 9.01. The topological polar surface area (TPSA) is 77.8 Å². The molecule has 9 heteroatoms. The van der Waals surface area contributed by atoms with Gasteiger partial charge in [-0.3, -0.25) is 9.59 Å². The highest BCUT2D eigenvalue weighted by molar-refractivity contribution is 9.10. The lowest BCUT2D eigenvalue weighted by Crippen LogP contribution is -2.25. The van der Waals surface area contributed by atoms with E-state index in [2.05, 4.69) is 15.9 Å². The van der Waals surface area contributed by atoms with E-state index in [1.54, 1.807) is 6.08 Å². The van der Waals surface area contributed by atoms with Crippen LogP contribution in [-0.4, -0.2) is 22.2 Å². The number of halogens is 3. The summed E-state index contributed by atoms with van der Waals surface area (Å²) < 4.78 is 38.7. The minimum atomic E-state index is -0.765. The quantitative estimate of drug-likeness (QED) is 0.486. The molecule has 0 aliphatic rings. The Morgan fingerprint density at radius 1 is 1.25 bits per heavy atom. The van der Waals surface area contributed by atoms with Crippen molar-refractivity contribution in [1.82, 2.24) is 4.57 Å². The van der Waals surface area contributed by atoms with Crippen LogP contribution in [0.1, 0.15) is 18.2 Å². The van der Waals surface area contributed by atoms with E-state index in [4.69, 9.17) is 14.6 Å². The maximum Gasteiger partial charge on any atom is 0.303 e. The maximum absolute atomic E-state index is 13.8. The average molecular weight is 458 g/mol. The molecule has 0 aliphatic carbocycles. The van der Waals surface area contributed by atoms with Gasteiger partial charge < -0.3 is 19.1 Å². The lowest BCUT2D eigenvalue weighted by molar-refractivity contribution is -0.142. The van der Waals surface area contributed by atoms with Gasteiger partial charge in [-0.05, 0) is 28.1 Å². The number of hydrogen-bond donors (Lipinski definition) is 1. The Hall–Kier alpha value is -2.52. The van der Waals surface area contributed by atoms with Gasteiger partial charge in [0, 0.05) is 31.2 Å². The minimum Gasteiger partial charge on any atom is -0.487 e. The van der Waals surface area contributed by atoms with E-state index in [0.717, 1.165) is 12.1 Å². The number of rotatable bonds is 8. The number of benzene rings is 1. The molecule has 1 aromatic carbocycles. The van der Waals surface area contributed by atoms with E-state index in [-0.39, 0.29) is 42.2 Å². The summed E-state index contributed by atoms with van der Waals surface area (Å²) in [5.41, 5.74) is 0.00674. The number of aliphatic hydroxyl groups excluding tert-OH is 1. The van der Waals surface area contributed by atoms with Crippen LogP contribution in [0.25, 0.3) is 0 Å². The molecule has 2 aromatic rings. The molecule has 0 saturated heterocycles. The number of ether oxygens (including phenoxy) is 2. The fraction of sp³-hybridized carbons (Fsp3) is 0.263. The second kappa shape index (κ2) is 10.1. The molecular weight excluding hydrogens is 440 g/mol. The second-order valence-corrected chi connectivity index (χ2v) is 6.48. The molecule has 1 N–H and O–H groups in total. The summed E-state index contributed by atoms with van der Waals surface area (Å²) in [4.78, 5) is 23.8. The predicted octanol–water partition coefficient (Wildman–Crippen LogP) is 3.08. The number of esters is 1.